The first-order valence-electron chi connectivity index (χ1n) is 6.92. The van der Waals surface area contributed by atoms with Crippen LogP contribution in [0, 0.1) is 22.7 Å². The zero-order valence-electron chi connectivity index (χ0n) is 11.9. The molecule has 4 heteroatoms. The normalized spacial score (nSPS) is 33.2. The minimum absolute atomic E-state index is 0.321. The van der Waals surface area contributed by atoms with Crippen molar-refractivity contribution < 1.29 is 9.90 Å². The Labute approximate surface area is 119 Å². The van der Waals surface area contributed by atoms with Crippen molar-refractivity contribution in [1.82, 2.24) is 0 Å². The number of amides is 1. The number of anilines is 1. The summed E-state index contributed by atoms with van der Waals surface area (Å²) in [7, 11) is 0. The van der Waals surface area contributed by atoms with Crippen LogP contribution < -0.4 is 5.32 Å². The molecule has 1 amide bonds. The smallest absolute Gasteiger partial charge is 0.245 e. The standard InChI is InChI=1S/C16H20N2O2/c1-12-15(2,20)9-6-10-16(12,11-17)14(19)18-13-7-4-3-5-8-13/h3-5,7-8,12,20H,6,9-10H2,1-2H3,(H,18,19)/t12-,15-,16-/m0/s1. The summed E-state index contributed by atoms with van der Waals surface area (Å²) >= 11 is 0. The third-order valence-electron chi connectivity index (χ3n) is 4.56. The highest BCUT2D eigenvalue weighted by molar-refractivity contribution is 5.97. The number of para-hydroxylation sites is 1. The number of hydrogen-bond acceptors (Lipinski definition) is 3. The van der Waals surface area contributed by atoms with Crippen LogP contribution in [0.25, 0.3) is 0 Å². The predicted octanol–water partition coefficient (Wildman–Crippen LogP) is 2.71. The highest BCUT2D eigenvalue weighted by atomic mass is 16.3. The molecule has 1 fully saturated rings. The molecule has 2 N–H and O–H groups in total. The quantitative estimate of drug-likeness (QED) is 0.869. The van der Waals surface area contributed by atoms with Crippen LogP contribution in [0.1, 0.15) is 33.1 Å². The van der Waals surface area contributed by atoms with E-state index in [-0.39, 0.29) is 5.91 Å². The molecule has 1 aromatic rings. The third kappa shape index (κ3) is 2.41. The van der Waals surface area contributed by atoms with Gasteiger partial charge < -0.3 is 10.4 Å². The molecule has 1 aliphatic rings. The largest absolute Gasteiger partial charge is 0.390 e. The Kier molecular flexibility index (Phi) is 3.82. The first-order valence-corrected chi connectivity index (χ1v) is 6.92. The van der Waals surface area contributed by atoms with E-state index in [9.17, 15) is 15.2 Å². The maximum absolute atomic E-state index is 12.6. The van der Waals surface area contributed by atoms with E-state index in [4.69, 9.17) is 0 Å². The number of benzene rings is 1. The summed E-state index contributed by atoms with van der Waals surface area (Å²) in [5.74, 6) is -0.726. The van der Waals surface area contributed by atoms with Gasteiger partial charge in [-0.1, -0.05) is 25.1 Å². The van der Waals surface area contributed by atoms with Crippen LogP contribution in [0.15, 0.2) is 30.3 Å². The van der Waals surface area contributed by atoms with Crippen molar-refractivity contribution >= 4 is 11.6 Å². The van der Waals surface area contributed by atoms with Gasteiger partial charge >= 0.3 is 0 Å². The molecule has 1 aliphatic carbocycles. The Morgan fingerprint density at radius 1 is 1.40 bits per heavy atom. The second kappa shape index (κ2) is 5.26. The molecule has 1 aromatic carbocycles. The molecule has 1 saturated carbocycles. The third-order valence-corrected chi connectivity index (χ3v) is 4.56. The number of hydrogen-bond donors (Lipinski definition) is 2. The van der Waals surface area contributed by atoms with Gasteiger partial charge in [-0.15, -0.1) is 0 Å². The average molecular weight is 272 g/mol. The molecular formula is C16H20N2O2. The molecule has 0 bridgehead atoms. The van der Waals surface area contributed by atoms with E-state index in [1.165, 1.54) is 0 Å². The van der Waals surface area contributed by atoms with Crippen molar-refractivity contribution in [2.75, 3.05) is 5.32 Å². The minimum Gasteiger partial charge on any atom is -0.390 e. The Hall–Kier alpha value is -1.86. The number of carbonyl (C=O) groups is 1. The molecule has 2 rings (SSSR count). The van der Waals surface area contributed by atoms with E-state index in [2.05, 4.69) is 11.4 Å². The Morgan fingerprint density at radius 2 is 2.05 bits per heavy atom. The van der Waals surface area contributed by atoms with E-state index < -0.39 is 16.9 Å². The van der Waals surface area contributed by atoms with Crippen LogP contribution in [-0.2, 0) is 4.79 Å². The number of nitrogens with zero attached hydrogens (tertiary/aromatic N) is 1. The summed E-state index contributed by atoms with van der Waals surface area (Å²) in [6.45, 7) is 3.49. The van der Waals surface area contributed by atoms with E-state index in [0.29, 0.717) is 24.9 Å². The van der Waals surface area contributed by atoms with Crippen molar-refractivity contribution in [1.29, 1.82) is 5.26 Å². The van der Waals surface area contributed by atoms with Gasteiger partial charge in [-0.2, -0.15) is 5.26 Å². The molecule has 20 heavy (non-hydrogen) atoms. The van der Waals surface area contributed by atoms with Crippen molar-refractivity contribution in [3.8, 4) is 6.07 Å². The van der Waals surface area contributed by atoms with E-state index in [0.717, 1.165) is 0 Å². The van der Waals surface area contributed by atoms with Gasteiger partial charge in [0.15, 0.2) is 0 Å². The lowest BCUT2D eigenvalue weighted by atomic mass is 9.61. The van der Waals surface area contributed by atoms with Crippen LogP contribution in [-0.4, -0.2) is 16.6 Å². The first kappa shape index (κ1) is 14.5. The molecule has 0 spiro atoms. The number of nitriles is 1. The fourth-order valence-corrected chi connectivity index (χ4v) is 2.97. The molecule has 0 unspecified atom stereocenters. The SMILES string of the molecule is C[C@H]1[C@@](C)(O)CCC[C@@]1(C#N)C(=O)Nc1ccccc1. The van der Waals surface area contributed by atoms with Crippen LogP contribution in [0.4, 0.5) is 5.69 Å². The average Bonchev–Trinajstić information content (AvgIpc) is 2.43. The highest BCUT2D eigenvalue weighted by Gasteiger charge is 2.53. The van der Waals surface area contributed by atoms with Crippen molar-refractivity contribution in [2.45, 2.75) is 38.7 Å². The maximum Gasteiger partial charge on any atom is 0.245 e. The summed E-state index contributed by atoms with van der Waals surface area (Å²) in [6.07, 6.45) is 1.78. The fourth-order valence-electron chi connectivity index (χ4n) is 2.97. The summed E-state index contributed by atoms with van der Waals surface area (Å²) in [4.78, 5) is 12.6. The van der Waals surface area contributed by atoms with Crippen molar-refractivity contribution in [2.24, 2.45) is 11.3 Å². The lowest BCUT2D eigenvalue weighted by Gasteiger charge is -2.44. The highest BCUT2D eigenvalue weighted by Crippen LogP contribution is 2.46. The monoisotopic (exact) mass is 272 g/mol. The zero-order valence-corrected chi connectivity index (χ0v) is 11.9. The Bertz CT molecular complexity index is 533. The Balaban J connectivity index is 2.27. The van der Waals surface area contributed by atoms with Gasteiger partial charge in [-0.3, -0.25) is 4.79 Å². The summed E-state index contributed by atoms with van der Waals surface area (Å²) in [6, 6.07) is 11.3. The molecule has 4 nitrogen and oxygen atoms in total. The second-order valence-corrected chi connectivity index (χ2v) is 5.84. The lowest BCUT2D eigenvalue weighted by molar-refractivity contribution is -0.137. The molecule has 0 saturated heterocycles. The van der Waals surface area contributed by atoms with Crippen molar-refractivity contribution in [3.05, 3.63) is 30.3 Å². The maximum atomic E-state index is 12.6. The van der Waals surface area contributed by atoms with Gasteiger partial charge in [0.2, 0.25) is 5.91 Å². The number of aliphatic hydroxyl groups is 1. The van der Waals surface area contributed by atoms with Crippen molar-refractivity contribution in [3.63, 3.8) is 0 Å². The molecule has 0 heterocycles. The number of carbonyl (C=O) groups excluding carboxylic acids is 1. The number of rotatable bonds is 2. The summed E-state index contributed by atoms with van der Waals surface area (Å²) in [5.41, 5.74) is -1.48. The van der Waals surface area contributed by atoms with Crippen LogP contribution >= 0.6 is 0 Å². The lowest BCUT2D eigenvalue weighted by Crippen LogP contribution is -2.53. The molecule has 0 radical (unpaired) electrons. The first-order chi connectivity index (χ1) is 9.42. The van der Waals surface area contributed by atoms with Gasteiger partial charge in [0.25, 0.3) is 0 Å². The van der Waals surface area contributed by atoms with Crippen LogP contribution in [0.2, 0.25) is 0 Å². The van der Waals surface area contributed by atoms with Gasteiger partial charge in [-0.25, -0.2) is 0 Å². The van der Waals surface area contributed by atoms with Crippen LogP contribution in [0.5, 0.6) is 0 Å². The molecular weight excluding hydrogens is 252 g/mol. The van der Waals surface area contributed by atoms with Crippen LogP contribution in [0.3, 0.4) is 0 Å². The number of nitrogens with one attached hydrogen (secondary N) is 1. The topological polar surface area (TPSA) is 73.1 Å². The summed E-state index contributed by atoms with van der Waals surface area (Å²) in [5, 5.41) is 22.8. The van der Waals surface area contributed by atoms with E-state index in [1.807, 2.05) is 18.2 Å². The molecule has 0 aromatic heterocycles. The van der Waals surface area contributed by atoms with Gasteiger partial charge in [-0.05, 0) is 38.3 Å². The van der Waals surface area contributed by atoms with Gasteiger partial charge in [0, 0.05) is 11.6 Å². The molecule has 0 aliphatic heterocycles. The Morgan fingerprint density at radius 3 is 2.65 bits per heavy atom. The summed E-state index contributed by atoms with van der Waals surface area (Å²) < 4.78 is 0. The molecule has 3 atom stereocenters. The minimum atomic E-state index is -1.17. The van der Waals surface area contributed by atoms with E-state index >= 15 is 0 Å². The second-order valence-electron chi connectivity index (χ2n) is 5.84. The zero-order chi connectivity index (χ0) is 14.8. The van der Waals surface area contributed by atoms with Gasteiger partial charge in [0.05, 0.1) is 11.7 Å². The predicted molar refractivity (Wildman–Crippen MR) is 76.8 cm³/mol. The fraction of sp³-hybridized carbons (Fsp3) is 0.500. The molecule has 106 valence electrons. The van der Waals surface area contributed by atoms with E-state index in [1.54, 1.807) is 26.0 Å². The van der Waals surface area contributed by atoms with Gasteiger partial charge in [0.1, 0.15) is 5.41 Å².